The molecule has 0 saturated carbocycles. The van der Waals surface area contributed by atoms with Gasteiger partial charge in [-0.25, -0.2) is 0 Å². The van der Waals surface area contributed by atoms with Gasteiger partial charge in [0.05, 0.1) is 13.0 Å². The lowest BCUT2D eigenvalue weighted by Crippen LogP contribution is -2.35. The van der Waals surface area contributed by atoms with Gasteiger partial charge in [-0.05, 0) is 42.4 Å². The van der Waals surface area contributed by atoms with Gasteiger partial charge < -0.3 is 15.0 Å². The number of likely N-dealkylation sites (N-methyl/N-ethyl adjacent to an activating group) is 2. The average Bonchev–Trinajstić information content (AvgIpc) is 2.57. The van der Waals surface area contributed by atoms with Crippen LogP contribution in [0.5, 0.6) is 5.75 Å². The molecular formula is C18H24N2O2. The molecule has 0 bridgehead atoms. The molecule has 1 N–H and O–H groups in total. The fourth-order valence-electron chi connectivity index (χ4n) is 2.50. The highest BCUT2D eigenvalue weighted by atomic mass is 16.5. The van der Waals surface area contributed by atoms with Crippen molar-refractivity contribution in [1.82, 2.24) is 10.2 Å². The summed E-state index contributed by atoms with van der Waals surface area (Å²) in [6.45, 7) is 3.47. The Bertz CT molecular complexity index is 655. The molecule has 1 atom stereocenters. The van der Waals surface area contributed by atoms with Crippen molar-refractivity contribution in [3.63, 3.8) is 0 Å². The number of amides is 1. The van der Waals surface area contributed by atoms with E-state index in [2.05, 4.69) is 11.4 Å². The van der Waals surface area contributed by atoms with Crippen LogP contribution in [0.1, 0.15) is 18.4 Å². The van der Waals surface area contributed by atoms with Crippen LogP contribution in [-0.2, 0) is 4.79 Å². The summed E-state index contributed by atoms with van der Waals surface area (Å²) < 4.78 is 5.24. The Morgan fingerprint density at radius 3 is 2.59 bits per heavy atom. The molecule has 2 aromatic rings. The summed E-state index contributed by atoms with van der Waals surface area (Å²) in [5, 5.41) is 5.30. The first-order valence-electron chi connectivity index (χ1n) is 7.54. The molecule has 0 heterocycles. The molecule has 22 heavy (non-hydrogen) atoms. The number of carbonyl (C=O) groups is 1. The third-order valence-corrected chi connectivity index (χ3v) is 4.02. The second-order valence-electron chi connectivity index (χ2n) is 5.56. The number of rotatable bonds is 6. The SMILES string of the molecule is CNCCN(C)C(=O)C(C)c1ccc2cc(OC)ccc2c1. The normalized spacial score (nSPS) is 12.2. The highest BCUT2D eigenvalue weighted by Crippen LogP contribution is 2.25. The Hall–Kier alpha value is -2.07. The topological polar surface area (TPSA) is 41.6 Å². The molecule has 0 fully saturated rings. The Kier molecular flexibility index (Phi) is 5.39. The number of nitrogens with one attached hydrogen (secondary N) is 1. The minimum absolute atomic E-state index is 0.142. The molecule has 2 rings (SSSR count). The highest BCUT2D eigenvalue weighted by Gasteiger charge is 2.19. The van der Waals surface area contributed by atoms with E-state index in [0.29, 0.717) is 6.54 Å². The fourth-order valence-corrected chi connectivity index (χ4v) is 2.50. The number of ether oxygens (including phenoxy) is 1. The van der Waals surface area contributed by atoms with Crippen LogP contribution in [0.2, 0.25) is 0 Å². The maximum Gasteiger partial charge on any atom is 0.229 e. The summed E-state index contributed by atoms with van der Waals surface area (Å²) in [6, 6.07) is 12.1. The van der Waals surface area contributed by atoms with Crippen LogP contribution in [0.15, 0.2) is 36.4 Å². The van der Waals surface area contributed by atoms with Gasteiger partial charge in [0.2, 0.25) is 5.91 Å². The molecule has 0 aliphatic heterocycles. The van der Waals surface area contributed by atoms with Crippen LogP contribution in [0, 0.1) is 0 Å². The monoisotopic (exact) mass is 300 g/mol. The first-order chi connectivity index (χ1) is 10.6. The maximum atomic E-state index is 12.5. The minimum Gasteiger partial charge on any atom is -0.497 e. The van der Waals surface area contributed by atoms with Gasteiger partial charge in [0.1, 0.15) is 5.75 Å². The number of fused-ring (bicyclic) bond motifs is 1. The van der Waals surface area contributed by atoms with E-state index >= 15 is 0 Å². The molecule has 4 heteroatoms. The van der Waals surface area contributed by atoms with Crippen LogP contribution in [0.4, 0.5) is 0 Å². The molecule has 0 aliphatic carbocycles. The van der Waals surface area contributed by atoms with Crippen LogP contribution in [0.3, 0.4) is 0 Å². The number of benzene rings is 2. The smallest absolute Gasteiger partial charge is 0.229 e. The zero-order valence-corrected chi connectivity index (χ0v) is 13.7. The van der Waals surface area contributed by atoms with Crippen molar-refractivity contribution in [3.05, 3.63) is 42.0 Å². The van der Waals surface area contributed by atoms with Gasteiger partial charge in [0.25, 0.3) is 0 Å². The van der Waals surface area contributed by atoms with Crippen molar-refractivity contribution < 1.29 is 9.53 Å². The van der Waals surface area contributed by atoms with Crippen LogP contribution in [-0.4, -0.2) is 45.1 Å². The van der Waals surface area contributed by atoms with Crippen LogP contribution < -0.4 is 10.1 Å². The van der Waals surface area contributed by atoms with Crippen molar-refractivity contribution in [3.8, 4) is 5.75 Å². The Morgan fingerprint density at radius 2 is 1.91 bits per heavy atom. The Morgan fingerprint density at radius 1 is 1.23 bits per heavy atom. The van der Waals surface area contributed by atoms with Crippen molar-refractivity contribution >= 4 is 16.7 Å². The van der Waals surface area contributed by atoms with Crippen LogP contribution in [0.25, 0.3) is 10.8 Å². The minimum atomic E-state index is -0.145. The predicted molar refractivity (Wildman–Crippen MR) is 90.5 cm³/mol. The number of hydrogen-bond donors (Lipinski definition) is 1. The molecular weight excluding hydrogens is 276 g/mol. The van der Waals surface area contributed by atoms with Gasteiger partial charge in [-0.1, -0.05) is 24.3 Å². The van der Waals surface area contributed by atoms with Crippen molar-refractivity contribution in [2.45, 2.75) is 12.8 Å². The number of carbonyl (C=O) groups excluding carboxylic acids is 1. The fraction of sp³-hybridized carbons (Fsp3) is 0.389. The molecule has 2 aromatic carbocycles. The van der Waals surface area contributed by atoms with E-state index in [4.69, 9.17) is 4.74 Å². The van der Waals surface area contributed by atoms with E-state index in [1.807, 2.05) is 51.4 Å². The van der Waals surface area contributed by atoms with E-state index in [9.17, 15) is 4.79 Å². The molecule has 0 aromatic heterocycles. The zero-order chi connectivity index (χ0) is 16.1. The van der Waals surface area contributed by atoms with Gasteiger partial charge in [-0.3, -0.25) is 4.79 Å². The molecule has 0 aliphatic rings. The summed E-state index contributed by atoms with van der Waals surface area (Å²) in [4.78, 5) is 14.2. The van der Waals surface area contributed by atoms with Gasteiger partial charge in [-0.2, -0.15) is 0 Å². The lowest BCUT2D eigenvalue weighted by Gasteiger charge is -2.21. The molecule has 0 spiro atoms. The summed E-state index contributed by atoms with van der Waals surface area (Å²) in [5.41, 5.74) is 1.04. The Labute approximate surface area is 132 Å². The highest BCUT2D eigenvalue weighted by molar-refractivity contribution is 5.88. The lowest BCUT2D eigenvalue weighted by atomic mass is 9.96. The van der Waals surface area contributed by atoms with E-state index < -0.39 is 0 Å². The Balaban J connectivity index is 2.21. The van der Waals surface area contributed by atoms with E-state index in [-0.39, 0.29) is 11.8 Å². The summed E-state index contributed by atoms with van der Waals surface area (Å²) >= 11 is 0. The molecule has 118 valence electrons. The number of hydrogen-bond acceptors (Lipinski definition) is 3. The number of methoxy groups -OCH3 is 1. The molecule has 0 radical (unpaired) electrons. The second-order valence-corrected chi connectivity index (χ2v) is 5.56. The van der Waals surface area contributed by atoms with Crippen molar-refractivity contribution in [1.29, 1.82) is 0 Å². The van der Waals surface area contributed by atoms with E-state index in [0.717, 1.165) is 28.6 Å². The summed E-state index contributed by atoms with van der Waals surface area (Å²) in [7, 11) is 5.40. The van der Waals surface area contributed by atoms with Crippen molar-refractivity contribution in [2.24, 2.45) is 0 Å². The third-order valence-electron chi connectivity index (χ3n) is 4.02. The molecule has 4 nitrogen and oxygen atoms in total. The zero-order valence-electron chi connectivity index (χ0n) is 13.7. The summed E-state index contributed by atoms with van der Waals surface area (Å²) in [6.07, 6.45) is 0. The lowest BCUT2D eigenvalue weighted by molar-refractivity contribution is -0.131. The number of nitrogens with zero attached hydrogens (tertiary/aromatic N) is 1. The summed E-state index contributed by atoms with van der Waals surface area (Å²) in [5.74, 6) is 0.840. The molecule has 1 amide bonds. The van der Waals surface area contributed by atoms with Gasteiger partial charge >= 0.3 is 0 Å². The maximum absolute atomic E-state index is 12.5. The standard InChI is InChI=1S/C18H24N2O2/c1-13(18(21)20(3)10-9-19-2)14-5-6-16-12-17(22-4)8-7-15(16)11-14/h5-8,11-13,19H,9-10H2,1-4H3. The predicted octanol–water partition coefficient (Wildman–Crippen LogP) is 2.63. The quantitative estimate of drug-likeness (QED) is 0.891. The largest absolute Gasteiger partial charge is 0.497 e. The second kappa shape index (κ2) is 7.27. The van der Waals surface area contributed by atoms with E-state index in [1.54, 1.807) is 12.0 Å². The molecule has 0 saturated heterocycles. The third kappa shape index (κ3) is 3.57. The first kappa shape index (κ1) is 16.3. The van der Waals surface area contributed by atoms with Gasteiger partial charge in [0, 0.05) is 20.1 Å². The van der Waals surface area contributed by atoms with E-state index in [1.165, 1.54) is 0 Å². The van der Waals surface area contributed by atoms with Crippen molar-refractivity contribution in [2.75, 3.05) is 34.3 Å². The average molecular weight is 300 g/mol. The first-order valence-corrected chi connectivity index (χ1v) is 7.54. The van der Waals surface area contributed by atoms with Gasteiger partial charge in [0.15, 0.2) is 0 Å². The van der Waals surface area contributed by atoms with Crippen LogP contribution >= 0.6 is 0 Å². The van der Waals surface area contributed by atoms with Gasteiger partial charge in [-0.15, -0.1) is 0 Å². The molecule has 1 unspecified atom stereocenters.